The smallest absolute Gasteiger partial charge is 0.241 e. The molecular formula is C9H14BrClN2O2S. The number of rotatable bonds is 4. The van der Waals surface area contributed by atoms with E-state index < -0.39 is 10.0 Å². The molecule has 0 bridgehead atoms. The zero-order valence-corrected chi connectivity index (χ0v) is 12.0. The largest absolute Gasteiger partial charge is 0.329 e. The molecule has 0 aliphatic carbocycles. The quantitative estimate of drug-likeness (QED) is 0.877. The Morgan fingerprint density at radius 2 is 2.06 bits per heavy atom. The molecule has 0 radical (unpaired) electrons. The van der Waals surface area contributed by atoms with Crippen molar-refractivity contribution in [3.8, 4) is 0 Å². The third-order valence-electron chi connectivity index (χ3n) is 1.81. The van der Waals surface area contributed by atoms with Crippen molar-refractivity contribution in [3.05, 3.63) is 28.2 Å². The molecule has 0 amide bonds. The number of nitrogens with two attached hydrogens (primary N) is 1. The Kier molecular flexibility index (Phi) is 6.50. The molecule has 0 unspecified atom stereocenters. The van der Waals surface area contributed by atoms with Crippen LogP contribution in [0.2, 0.25) is 0 Å². The van der Waals surface area contributed by atoms with Gasteiger partial charge < -0.3 is 5.73 Å². The van der Waals surface area contributed by atoms with Gasteiger partial charge in [0, 0.05) is 17.6 Å². The van der Waals surface area contributed by atoms with Crippen LogP contribution in [0, 0.1) is 6.92 Å². The predicted octanol–water partition coefficient (Wildman–Crippen LogP) is 1.42. The molecule has 3 N–H and O–H groups in total. The summed E-state index contributed by atoms with van der Waals surface area (Å²) >= 11 is 3.21. The Morgan fingerprint density at radius 1 is 1.44 bits per heavy atom. The van der Waals surface area contributed by atoms with E-state index in [1.165, 1.54) is 0 Å². The van der Waals surface area contributed by atoms with E-state index in [0.29, 0.717) is 4.47 Å². The summed E-state index contributed by atoms with van der Waals surface area (Å²) in [5.74, 6) is 0. The number of aryl methyl sites for hydroxylation is 1. The van der Waals surface area contributed by atoms with E-state index >= 15 is 0 Å². The van der Waals surface area contributed by atoms with Crippen LogP contribution in [0.25, 0.3) is 0 Å². The van der Waals surface area contributed by atoms with Crippen LogP contribution in [-0.4, -0.2) is 21.5 Å². The molecule has 1 aromatic carbocycles. The molecule has 0 atom stereocenters. The minimum atomic E-state index is -3.45. The predicted molar refractivity (Wildman–Crippen MR) is 70.4 cm³/mol. The van der Waals surface area contributed by atoms with Crippen LogP contribution >= 0.6 is 28.3 Å². The van der Waals surface area contributed by atoms with E-state index in [9.17, 15) is 8.42 Å². The van der Waals surface area contributed by atoms with Crippen molar-refractivity contribution in [1.82, 2.24) is 4.72 Å². The molecule has 0 spiro atoms. The van der Waals surface area contributed by atoms with Crippen LogP contribution < -0.4 is 10.5 Å². The molecule has 0 aromatic heterocycles. The van der Waals surface area contributed by atoms with Crippen molar-refractivity contribution in [2.45, 2.75) is 11.8 Å². The molecule has 1 aromatic rings. The van der Waals surface area contributed by atoms with E-state index in [0.717, 1.165) is 5.56 Å². The molecule has 4 nitrogen and oxygen atoms in total. The van der Waals surface area contributed by atoms with E-state index in [4.69, 9.17) is 5.73 Å². The van der Waals surface area contributed by atoms with Gasteiger partial charge in [0.2, 0.25) is 10.0 Å². The number of hydrogen-bond acceptors (Lipinski definition) is 3. The van der Waals surface area contributed by atoms with Crippen molar-refractivity contribution >= 4 is 38.4 Å². The number of nitrogens with one attached hydrogen (secondary N) is 1. The van der Waals surface area contributed by atoms with Gasteiger partial charge in [-0.2, -0.15) is 0 Å². The number of hydrogen-bond donors (Lipinski definition) is 2. The maximum atomic E-state index is 11.8. The lowest BCUT2D eigenvalue weighted by atomic mass is 10.2. The van der Waals surface area contributed by atoms with E-state index in [1.807, 2.05) is 13.0 Å². The molecule has 0 saturated carbocycles. The molecule has 16 heavy (non-hydrogen) atoms. The lowest BCUT2D eigenvalue weighted by Gasteiger charge is -2.08. The van der Waals surface area contributed by atoms with Crippen LogP contribution in [-0.2, 0) is 10.0 Å². The van der Waals surface area contributed by atoms with E-state index in [2.05, 4.69) is 20.7 Å². The minimum Gasteiger partial charge on any atom is -0.329 e. The van der Waals surface area contributed by atoms with E-state index in [-0.39, 0.29) is 30.4 Å². The summed E-state index contributed by atoms with van der Waals surface area (Å²) in [6.45, 7) is 2.36. The van der Waals surface area contributed by atoms with Crippen LogP contribution in [0.1, 0.15) is 5.56 Å². The Hall–Kier alpha value is -0.140. The highest BCUT2D eigenvalue weighted by atomic mass is 79.9. The van der Waals surface area contributed by atoms with Gasteiger partial charge >= 0.3 is 0 Å². The average molecular weight is 330 g/mol. The van der Waals surface area contributed by atoms with Crippen molar-refractivity contribution in [1.29, 1.82) is 0 Å². The summed E-state index contributed by atoms with van der Waals surface area (Å²) in [4.78, 5) is 0.246. The fraction of sp³-hybridized carbons (Fsp3) is 0.333. The van der Waals surface area contributed by atoms with Crippen LogP contribution in [0.3, 0.4) is 0 Å². The molecule has 0 heterocycles. The zero-order valence-electron chi connectivity index (χ0n) is 8.73. The molecule has 0 fully saturated rings. The van der Waals surface area contributed by atoms with Crippen molar-refractivity contribution in [3.63, 3.8) is 0 Å². The Balaban J connectivity index is 0.00000225. The first kappa shape index (κ1) is 15.9. The van der Waals surface area contributed by atoms with Gasteiger partial charge in [0.15, 0.2) is 0 Å². The normalized spacial score (nSPS) is 10.9. The molecular weight excluding hydrogens is 316 g/mol. The van der Waals surface area contributed by atoms with Gasteiger partial charge in [-0.3, -0.25) is 0 Å². The Bertz CT molecular complexity index is 451. The second kappa shape index (κ2) is 6.56. The molecule has 92 valence electrons. The summed E-state index contributed by atoms with van der Waals surface area (Å²) in [7, 11) is -3.45. The van der Waals surface area contributed by atoms with Gasteiger partial charge in [0.05, 0.1) is 4.90 Å². The average Bonchev–Trinajstić information content (AvgIpc) is 2.18. The first-order valence-corrected chi connectivity index (χ1v) is 6.71. The van der Waals surface area contributed by atoms with Crippen molar-refractivity contribution in [2.75, 3.05) is 13.1 Å². The van der Waals surface area contributed by atoms with Crippen molar-refractivity contribution < 1.29 is 8.42 Å². The third kappa shape index (κ3) is 4.03. The SMILES string of the molecule is Cc1ccc(Br)c(S(=O)(=O)NCCN)c1.Cl. The lowest BCUT2D eigenvalue weighted by molar-refractivity contribution is 0.581. The number of benzene rings is 1. The topological polar surface area (TPSA) is 72.2 Å². The summed E-state index contributed by atoms with van der Waals surface area (Å²) in [6.07, 6.45) is 0. The standard InChI is InChI=1S/C9H13BrN2O2S.ClH/c1-7-2-3-8(10)9(6-7)15(13,14)12-5-4-11;/h2-3,6,12H,4-5,11H2,1H3;1H. The maximum Gasteiger partial charge on any atom is 0.241 e. The summed E-state index contributed by atoms with van der Waals surface area (Å²) in [5.41, 5.74) is 6.14. The van der Waals surface area contributed by atoms with Crippen LogP contribution in [0.4, 0.5) is 0 Å². The fourth-order valence-corrected chi connectivity index (χ4v) is 3.18. The van der Waals surface area contributed by atoms with Gasteiger partial charge in [-0.25, -0.2) is 13.1 Å². The van der Waals surface area contributed by atoms with Gasteiger partial charge in [-0.1, -0.05) is 6.07 Å². The monoisotopic (exact) mass is 328 g/mol. The highest BCUT2D eigenvalue weighted by molar-refractivity contribution is 9.10. The number of sulfonamides is 1. The van der Waals surface area contributed by atoms with Gasteiger partial charge in [-0.05, 0) is 40.5 Å². The van der Waals surface area contributed by atoms with Gasteiger partial charge in [0.25, 0.3) is 0 Å². The summed E-state index contributed by atoms with van der Waals surface area (Å²) in [6, 6.07) is 5.17. The van der Waals surface area contributed by atoms with Crippen LogP contribution in [0.5, 0.6) is 0 Å². The van der Waals surface area contributed by atoms with Crippen molar-refractivity contribution in [2.24, 2.45) is 5.73 Å². The molecule has 0 aliphatic heterocycles. The summed E-state index contributed by atoms with van der Waals surface area (Å²) in [5, 5.41) is 0. The Labute approximate surface area is 110 Å². The van der Waals surface area contributed by atoms with E-state index in [1.54, 1.807) is 12.1 Å². The second-order valence-corrected chi connectivity index (χ2v) is 5.71. The first-order valence-electron chi connectivity index (χ1n) is 4.43. The van der Waals surface area contributed by atoms with Gasteiger partial charge in [0.1, 0.15) is 0 Å². The third-order valence-corrected chi connectivity index (χ3v) is 4.27. The molecule has 1 rings (SSSR count). The van der Waals surface area contributed by atoms with Crippen LogP contribution in [0.15, 0.2) is 27.6 Å². The Morgan fingerprint density at radius 3 is 2.62 bits per heavy atom. The summed E-state index contributed by atoms with van der Waals surface area (Å²) < 4.78 is 26.5. The fourth-order valence-electron chi connectivity index (χ4n) is 1.09. The molecule has 0 aliphatic rings. The zero-order chi connectivity index (χ0) is 11.5. The highest BCUT2D eigenvalue weighted by Crippen LogP contribution is 2.22. The minimum absolute atomic E-state index is 0. The van der Waals surface area contributed by atoms with Gasteiger partial charge in [-0.15, -0.1) is 12.4 Å². The molecule has 7 heteroatoms. The number of halogens is 2. The highest BCUT2D eigenvalue weighted by Gasteiger charge is 2.16. The first-order chi connectivity index (χ1) is 6.97. The maximum absolute atomic E-state index is 11.8. The second-order valence-electron chi connectivity index (χ2n) is 3.12. The molecule has 0 saturated heterocycles. The lowest BCUT2D eigenvalue weighted by Crippen LogP contribution is -2.29.